The van der Waals surface area contributed by atoms with Crippen LogP contribution in [0.5, 0.6) is 0 Å². The summed E-state index contributed by atoms with van der Waals surface area (Å²) >= 11 is 0. The first-order valence-electron chi connectivity index (χ1n) is 18.5. The summed E-state index contributed by atoms with van der Waals surface area (Å²) in [7, 11) is 0. The van der Waals surface area contributed by atoms with Crippen molar-refractivity contribution >= 4 is 87.0 Å². The van der Waals surface area contributed by atoms with Gasteiger partial charge in [0.25, 0.3) is 0 Å². The van der Waals surface area contributed by atoms with Crippen molar-refractivity contribution in [2.24, 2.45) is 0 Å². The molecule has 12 aromatic rings. The number of furan rings is 2. The van der Waals surface area contributed by atoms with E-state index >= 15 is 0 Å². The highest BCUT2D eigenvalue weighted by Gasteiger charge is 2.23. The minimum absolute atomic E-state index is 0.782. The summed E-state index contributed by atoms with van der Waals surface area (Å²) in [5.41, 5.74) is 10.5. The van der Waals surface area contributed by atoms with Gasteiger partial charge in [-0.2, -0.15) is 0 Å². The van der Waals surface area contributed by atoms with E-state index in [0.29, 0.717) is 0 Å². The second-order valence-corrected chi connectivity index (χ2v) is 14.3. The maximum Gasteiger partial charge on any atom is 0.179 e. The van der Waals surface area contributed by atoms with Gasteiger partial charge in [-0.1, -0.05) is 158 Å². The Labute approximate surface area is 310 Å². The molecule has 2 heteroatoms. The van der Waals surface area contributed by atoms with Gasteiger partial charge in [-0.25, -0.2) is 0 Å². The molecule has 10 aromatic carbocycles. The van der Waals surface area contributed by atoms with Gasteiger partial charge in [0.1, 0.15) is 11.2 Å². The third kappa shape index (κ3) is 4.11. The van der Waals surface area contributed by atoms with E-state index in [-0.39, 0.29) is 0 Å². The second-order valence-electron chi connectivity index (χ2n) is 14.3. The summed E-state index contributed by atoms with van der Waals surface area (Å²) in [5.74, 6) is 0. The molecule has 0 aliphatic heterocycles. The van der Waals surface area contributed by atoms with Gasteiger partial charge in [-0.05, 0) is 95.3 Å². The lowest BCUT2D eigenvalue weighted by Crippen LogP contribution is -1.92. The Kier molecular flexibility index (Phi) is 6.09. The third-order valence-corrected chi connectivity index (χ3v) is 11.4. The van der Waals surface area contributed by atoms with Crippen molar-refractivity contribution in [2.75, 3.05) is 0 Å². The van der Waals surface area contributed by atoms with E-state index in [4.69, 9.17) is 8.83 Å². The van der Waals surface area contributed by atoms with E-state index in [1.54, 1.807) is 0 Å². The van der Waals surface area contributed by atoms with Crippen molar-refractivity contribution in [3.8, 4) is 33.4 Å². The first kappa shape index (κ1) is 29.4. The monoisotopic (exact) mass is 686 g/mol. The van der Waals surface area contributed by atoms with E-state index in [0.717, 1.165) is 65.8 Å². The molecule has 0 unspecified atom stereocenters. The number of benzene rings is 10. The van der Waals surface area contributed by atoms with Gasteiger partial charge in [0, 0.05) is 26.9 Å². The zero-order chi connectivity index (χ0) is 35.3. The van der Waals surface area contributed by atoms with Gasteiger partial charge in [-0.15, -0.1) is 0 Å². The van der Waals surface area contributed by atoms with Crippen LogP contribution in [0.2, 0.25) is 0 Å². The standard InChI is InChI=1S/C52H30O2/c1-3-18-35-31(13-1)15-12-25-37(35)48-40-22-7-5-20-38(40)47(39-21-6-8-23-41(39)48)34-17-11-16-33(29-34)44-30-45-42-28-27-32-14-2-4-19-36(32)50(42)54-51(45)52-49(44)43-24-9-10-26-46(43)53-52/h1-30H. The normalized spacial score (nSPS) is 12.1. The summed E-state index contributed by atoms with van der Waals surface area (Å²) in [5, 5.41) is 14.0. The smallest absolute Gasteiger partial charge is 0.179 e. The average molecular weight is 687 g/mol. The van der Waals surface area contributed by atoms with Gasteiger partial charge in [0.05, 0.1) is 0 Å². The topological polar surface area (TPSA) is 26.3 Å². The maximum absolute atomic E-state index is 6.77. The molecule has 0 saturated carbocycles. The van der Waals surface area contributed by atoms with Gasteiger partial charge in [-0.3, -0.25) is 0 Å². The number of fused-ring (bicyclic) bond motifs is 12. The molecule has 0 aliphatic carbocycles. The largest absolute Gasteiger partial charge is 0.452 e. The molecule has 0 spiro atoms. The lowest BCUT2D eigenvalue weighted by atomic mass is 9.84. The van der Waals surface area contributed by atoms with Crippen LogP contribution in [-0.4, -0.2) is 0 Å². The van der Waals surface area contributed by atoms with E-state index in [1.165, 1.54) is 54.6 Å². The second kappa shape index (κ2) is 11.2. The van der Waals surface area contributed by atoms with Crippen LogP contribution in [0.3, 0.4) is 0 Å². The summed E-state index contributed by atoms with van der Waals surface area (Å²) in [6.07, 6.45) is 0. The number of rotatable bonds is 3. The molecule has 2 aromatic heterocycles. The number of hydrogen-bond acceptors (Lipinski definition) is 2. The molecule has 2 heterocycles. The van der Waals surface area contributed by atoms with Crippen molar-refractivity contribution in [3.63, 3.8) is 0 Å². The Hall–Kier alpha value is -7.16. The van der Waals surface area contributed by atoms with Gasteiger partial charge in [0.15, 0.2) is 11.2 Å². The Bertz CT molecular complexity index is 3440. The van der Waals surface area contributed by atoms with Crippen LogP contribution < -0.4 is 0 Å². The molecule has 0 atom stereocenters. The molecule has 2 nitrogen and oxygen atoms in total. The minimum atomic E-state index is 0.782. The van der Waals surface area contributed by atoms with Crippen molar-refractivity contribution in [1.29, 1.82) is 0 Å². The number of para-hydroxylation sites is 1. The molecule has 250 valence electrons. The SMILES string of the molecule is c1cc(-c2c3ccccc3c(-c3cccc4ccccc34)c3ccccc23)cc(-c2cc3c4ccc5ccccc5c4oc3c3oc4ccccc4c23)c1. The molecule has 0 radical (unpaired) electrons. The Morgan fingerprint density at radius 3 is 1.61 bits per heavy atom. The van der Waals surface area contributed by atoms with Crippen LogP contribution >= 0.6 is 0 Å². The first-order chi connectivity index (χ1) is 26.8. The third-order valence-electron chi connectivity index (χ3n) is 11.4. The van der Waals surface area contributed by atoms with Gasteiger partial charge in [0.2, 0.25) is 0 Å². The van der Waals surface area contributed by atoms with Crippen molar-refractivity contribution in [1.82, 2.24) is 0 Å². The van der Waals surface area contributed by atoms with Crippen LogP contribution in [0.25, 0.3) is 120 Å². The summed E-state index contributed by atoms with van der Waals surface area (Å²) < 4.78 is 13.5. The van der Waals surface area contributed by atoms with Gasteiger partial charge >= 0.3 is 0 Å². The van der Waals surface area contributed by atoms with E-state index < -0.39 is 0 Å². The lowest BCUT2D eigenvalue weighted by molar-refractivity contribution is 0.635. The molecule has 0 aliphatic rings. The highest BCUT2D eigenvalue weighted by Crippen LogP contribution is 2.48. The summed E-state index contributed by atoms with van der Waals surface area (Å²) in [6.45, 7) is 0. The Morgan fingerprint density at radius 1 is 0.278 bits per heavy atom. The first-order valence-corrected chi connectivity index (χ1v) is 18.5. The summed E-state index contributed by atoms with van der Waals surface area (Å²) in [4.78, 5) is 0. The van der Waals surface area contributed by atoms with Crippen LogP contribution in [0.1, 0.15) is 0 Å². The molecule has 0 fully saturated rings. The molecular formula is C52H30O2. The van der Waals surface area contributed by atoms with Crippen molar-refractivity contribution in [3.05, 3.63) is 182 Å². The molecule has 0 amide bonds. The predicted octanol–water partition coefficient (Wildman–Crippen LogP) is 15.1. The highest BCUT2D eigenvalue weighted by molar-refractivity contribution is 6.27. The van der Waals surface area contributed by atoms with E-state index in [9.17, 15) is 0 Å². The minimum Gasteiger partial charge on any atom is -0.452 e. The molecule has 54 heavy (non-hydrogen) atoms. The fraction of sp³-hybridized carbons (Fsp3) is 0. The molecule has 0 bridgehead atoms. The zero-order valence-corrected chi connectivity index (χ0v) is 29.1. The van der Waals surface area contributed by atoms with E-state index in [1.807, 2.05) is 6.07 Å². The number of hydrogen-bond donors (Lipinski definition) is 0. The fourth-order valence-corrected chi connectivity index (χ4v) is 9.09. The molecule has 0 saturated heterocycles. The average Bonchev–Trinajstić information content (AvgIpc) is 3.82. The highest BCUT2D eigenvalue weighted by atomic mass is 16.4. The Morgan fingerprint density at radius 2 is 0.852 bits per heavy atom. The van der Waals surface area contributed by atoms with Gasteiger partial charge < -0.3 is 8.83 Å². The van der Waals surface area contributed by atoms with Crippen LogP contribution in [-0.2, 0) is 0 Å². The molecule has 12 rings (SSSR count). The zero-order valence-electron chi connectivity index (χ0n) is 29.1. The lowest BCUT2D eigenvalue weighted by Gasteiger charge is -2.19. The maximum atomic E-state index is 6.77. The van der Waals surface area contributed by atoms with Crippen LogP contribution in [0.15, 0.2) is 191 Å². The van der Waals surface area contributed by atoms with Crippen LogP contribution in [0.4, 0.5) is 0 Å². The van der Waals surface area contributed by atoms with Crippen molar-refractivity contribution in [2.45, 2.75) is 0 Å². The fourth-order valence-electron chi connectivity index (χ4n) is 9.09. The predicted molar refractivity (Wildman–Crippen MR) is 227 cm³/mol. The molecule has 0 N–H and O–H groups in total. The van der Waals surface area contributed by atoms with Crippen molar-refractivity contribution < 1.29 is 8.83 Å². The quantitative estimate of drug-likeness (QED) is 0.173. The van der Waals surface area contributed by atoms with Crippen LogP contribution in [0, 0.1) is 0 Å². The molecular weight excluding hydrogens is 657 g/mol. The summed E-state index contributed by atoms with van der Waals surface area (Å²) in [6, 6.07) is 65.7. The van der Waals surface area contributed by atoms with E-state index in [2.05, 4.69) is 176 Å². The Balaban J connectivity index is 1.16.